The minimum atomic E-state index is -1.78. The van der Waals surface area contributed by atoms with Crippen LogP contribution >= 0.6 is 0 Å². The first-order valence-corrected chi connectivity index (χ1v) is 29.6. The summed E-state index contributed by atoms with van der Waals surface area (Å²) in [4.78, 5) is 13.2. The quantitative estimate of drug-likeness (QED) is 0.0205. The van der Waals surface area contributed by atoms with E-state index in [9.17, 15) is 45.6 Å². The Balaban J connectivity index is 1.58. The molecule has 2 aliphatic rings. The minimum Gasteiger partial charge on any atom is -0.394 e. The monoisotopic (exact) mass is 1030 g/mol. The van der Waals surface area contributed by atoms with Gasteiger partial charge in [0.2, 0.25) is 5.91 Å². The topological polar surface area (TPSA) is 228 Å². The Bertz CT molecular complexity index is 1300. The predicted octanol–water partition coefficient (Wildman–Crippen LogP) is 9.67. The van der Waals surface area contributed by atoms with Gasteiger partial charge in [0.1, 0.15) is 48.8 Å². The van der Waals surface area contributed by atoms with Crippen LogP contribution < -0.4 is 5.32 Å². The summed E-state index contributed by atoms with van der Waals surface area (Å²) in [5.74, 6) is -0.240. The summed E-state index contributed by atoms with van der Waals surface area (Å²) in [6, 6.07) is -0.908. The maximum atomic E-state index is 13.2. The molecule has 2 aliphatic heterocycles. The zero-order valence-corrected chi connectivity index (χ0v) is 45.4. The average molecular weight is 1030 g/mol. The summed E-state index contributed by atoms with van der Waals surface area (Å²) in [6.07, 6.45) is 35.7. The molecule has 2 saturated heterocycles. The van der Waals surface area contributed by atoms with Crippen molar-refractivity contribution in [2.45, 2.75) is 319 Å². The molecule has 0 aliphatic carbocycles. The van der Waals surface area contributed by atoms with Gasteiger partial charge in [-0.3, -0.25) is 4.79 Å². The van der Waals surface area contributed by atoms with Gasteiger partial charge in [-0.15, -0.1) is 0 Å². The molecular formula is C58H109NO13. The third kappa shape index (κ3) is 30.3. The van der Waals surface area contributed by atoms with Crippen molar-refractivity contribution in [2.24, 2.45) is 0 Å². The third-order valence-corrected chi connectivity index (χ3v) is 14.6. The Kier molecular flexibility index (Phi) is 41.2. The van der Waals surface area contributed by atoms with Crippen molar-refractivity contribution in [1.82, 2.24) is 5.32 Å². The highest BCUT2D eigenvalue weighted by Crippen LogP contribution is 2.30. The van der Waals surface area contributed by atoms with Gasteiger partial charge in [0.05, 0.1) is 32.0 Å². The van der Waals surface area contributed by atoms with E-state index >= 15 is 0 Å². The highest BCUT2D eigenvalue weighted by molar-refractivity contribution is 5.76. The lowest BCUT2D eigenvalue weighted by molar-refractivity contribution is -0.359. The molecule has 0 aromatic heterocycles. The van der Waals surface area contributed by atoms with E-state index in [2.05, 4.69) is 31.3 Å². The first-order chi connectivity index (χ1) is 35.1. The predicted molar refractivity (Wildman–Crippen MR) is 286 cm³/mol. The van der Waals surface area contributed by atoms with Crippen LogP contribution in [-0.4, -0.2) is 140 Å². The lowest BCUT2D eigenvalue weighted by Crippen LogP contribution is -2.65. The van der Waals surface area contributed by atoms with Crippen LogP contribution in [0.1, 0.15) is 245 Å². The van der Waals surface area contributed by atoms with Crippen molar-refractivity contribution < 1.29 is 64.6 Å². The summed E-state index contributed by atoms with van der Waals surface area (Å²) < 4.78 is 22.6. The fourth-order valence-electron chi connectivity index (χ4n) is 9.82. The Morgan fingerprint density at radius 3 is 1.32 bits per heavy atom. The van der Waals surface area contributed by atoms with Gasteiger partial charge in [-0.1, -0.05) is 218 Å². The molecule has 0 aromatic carbocycles. The van der Waals surface area contributed by atoms with Crippen LogP contribution in [0.15, 0.2) is 24.3 Å². The molecule has 14 nitrogen and oxygen atoms in total. The molecule has 0 saturated carbocycles. The van der Waals surface area contributed by atoms with E-state index in [-0.39, 0.29) is 18.9 Å². The van der Waals surface area contributed by atoms with Gasteiger partial charge in [-0.2, -0.15) is 0 Å². The SMILES string of the molecule is CCCCCCC/C=C/C(O)C(COC1OC(CO)C(OC2OC(CO)C(O)C(O)C2O)C(O)C1O)NC(=O)CCCCCCCCCCCCCCCCCCCCC/C=C\CCCCCCCCCC. The molecule has 0 radical (unpaired) electrons. The summed E-state index contributed by atoms with van der Waals surface area (Å²) in [5, 5.41) is 86.6. The molecule has 2 rings (SSSR count). The van der Waals surface area contributed by atoms with E-state index in [0.717, 1.165) is 51.4 Å². The zero-order valence-electron chi connectivity index (χ0n) is 45.4. The maximum absolute atomic E-state index is 13.2. The smallest absolute Gasteiger partial charge is 0.220 e. The Hall–Kier alpha value is -1.53. The second kappa shape index (κ2) is 44.6. The fraction of sp³-hybridized carbons (Fsp3) is 0.914. The fourth-order valence-corrected chi connectivity index (χ4v) is 9.82. The molecular weight excluding hydrogens is 919 g/mol. The van der Waals surface area contributed by atoms with Crippen molar-refractivity contribution in [1.29, 1.82) is 0 Å². The molecule has 424 valence electrons. The minimum absolute atomic E-state index is 0.240. The van der Waals surface area contributed by atoms with Crippen molar-refractivity contribution in [3.05, 3.63) is 24.3 Å². The van der Waals surface area contributed by atoms with Crippen molar-refractivity contribution in [3.8, 4) is 0 Å². The van der Waals surface area contributed by atoms with Gasteiger partial charge >= 0.3 is 0 Å². The highest BCUT2D eigenvalue weighted by atomic mass is 16.7. The lowest BCUT2D eigenvalue weighted by Gasteiger charge is -2.46. The van der Waals surface area contributed by atoms with Crippen molar-refractivity contribution >= 4 is 5.91 Å². The number of rotatable bonds is 47. The second-order valence-corrected chi connectivity index (χ2v) is 21.1. The number of aliphatic hydroxyl groups excluding tert-OH is 8. The number of aliphatic hydroxyl groups is 8. The Labute approximate surface area is 437 Å². The van der Waals surface area contributed by atoms with E-state index in [1.807, 2.05) is 6.08 Å². The van der Waals surface area contributed by atoms with Crippen LogP contribution in [-0.2, 0) is 23.7 Å². The number of ether oxygens (including phenoxy) is 4. The number of amides is 1. The van der Waals surface area contributed by atoms with Crippen molar-refractivity contribution in [2.75, 3.05) is 19.8 Å². The molecule has 0 spiro atoms. The average Bonchev–Trinajstić information content (AvgIpc) is 3.38. The largest absolute Gasteiger partial charge is 0.394 e. The molecule has 0 aromatic rings. The van der Waals surface area contributed by atoms with Crippen LogP contribution in [0.5, 0.6) is 0 Å². The molecule has 2 heterocycles. The third-order valence-electron chi connectivity index (χ3n) is 14.6. The summed E-state index contributed by atoms with van der Waals surface area (Å²) >= 11 is 0. The summed E-state index contributed by atoms with van der Waals surface area (Å²) in [5.41, 5.74) is 0. The van der Waals surface area contributed by atoms with Gasteiger partial charge in [0, 0.05) is 6.42 Å². The number of unbranched alkanes of at least 4 members (excludes halogenated alkanes) is 32. The van der Waals surface area contributed by atoms with Crippen molar-refractivity contribution in [3.63, 3.8) is 0 Å². The van der Waals surface area contributed by atoms with Gasteiger partial charge in [0.25, 0.3) is 0 Å². The molecule has 2 fully saturated rings. The maximum Gasteiger partial charge on any atom is 0.220 e. The van der Waals surface area contributed by atoms with Crippen LogP contribution in [0, 0.1) is 0 Å². The summed E-state index contributed by atoms with van der Waals surface area (Å²) in [7, 11) is 0. The molecule has 12 atom stereocenters. The Morgan fingerprint density at radius 1 is 0.486 bits per heavy atom. The van der Waals surface area contributed by atoms with Gasteiger partial charge in [0.15, 0.2) is 12.6 Å². The van der Waals surface area contributed by atoms with Crippen LogP contribution in [0.3, 0.4) is 0 Å². The van der Waals surface area contributed by atoms with Crippen LogP contribution in [0.25, 0.3) is 0 Å². The molecule has 9 N–H and O–H groups in total. The molecule has 12 unspecified atom stereocenters. The highest BCUT2D eigenvalue weighted by Gasteiger charge is 2.51. The number of hydrogen-bond donors (Lipinski definition) is 9. The summed E-state index contributed by atoms with van der Waals surface area (Å²) in [6.45, 7) is 2.74. The van der Waals surface area contributed by atoms with E-state index in [0.29, 0.717) is 6.42 Å². The normalized spacial score (nSPS) is 25.7. The van der Waals surface area contributed by atoms with E-state index < -0.39 is 86.8 Å². The number of nitrogens with one attached hydrogen (secondary N) is 1. The Morgan fingerprint density at radius 2 is 0.875 bits per heavy atom. The van der Waals surface area contributed by atoms with E-state index in [1.54, 1.807) is 6.08 Å². The second-order valence-electron chi connectivity index (χ2n) is 21.1. The first kappa shape index (κ1) is 66.6. The molecule has 72 heavy (non-hydrogen) atoms. The number of hydrogen-bond acceptors (Lipinski definition) is 13. The molecule has 0 bridgehead atoms. The first-order valence-electron chi connectivity index (χ1n) is 29.6. The molecule has 1 amide bonds. The van der Waals surface area contributed by atoms with Crippen LogP contribution in [0.2, 0.25) is 0 Å². The molecule has 14 heteroatoms. The lowest BCUT2D eigenvalue weighted by atomic mass is 9.97. The van der Waals surface area contributed by atoms with E-state index in [4.69, 9.17) is 18.9 Å². The number of carbonyl (C=O) groups excluding carboxylic acids is 1. The van der Waals surface area contributed by atoms with E-state index in [1.165, 1.54) is 167 Å². The van der Waals surface area contributed by atoms with Gasteiger partial charge in [-0.05, 0) is 44.9 Å². The van der Waals surface area contributed by atoms with Crippen LogP contribution in [0.4, 0.5) is 0 Å². The standard InChI is InChI=1S/C58H109NO13/c1-3-5-7-9-11-12-13-14-15-16-17-18-19-20-21-22-23-24-25-26-27-28-29-30-31-32-33-34-36-38-40-42-50(63)59-46(47(62)41-39-37-35-10-8-6-4-2)45-69-57-55(68)53(66)56(49(44-61)71-57)72-58-54(67)52(65)51(64)48(43-60)70-58/h16-17,39,41,46-49,51-58,60-62,64-68H,3-15,18-38,40,42-45H2,1-2H3,(H,59,63)/b17-16-,41-39+. The van der Waals surface area contributed by atoms with Gasteiger partial charge < -0.3 is 65.1 Å². The zero-order chi connectivity index (χ0) is 52.4. The number of carbonyl (C=O) groups is 1. The number of allylic oxidation sites excluding steroid dienone is 3. The van der Waals surface area contributed by atoms with Gasteiger partial charge in [-0.25, -0.2) is 0 Å².